The van der Waals surface area contributed by atoms with E-state index in [4.69, 9.17) is 27.9 Å². The van der Waals surface area contributed by atoms with Crippen LogP contribution in [0.1, 0.15) is 0 Å². The Morgan fingerprint density at radius 3 is 2.47 bits per heavy atom. The standard InChI is InChI=1S/C13H9Cl2FO/c1-17-12-4-2-3-9(13(12)16)8-5-6-10(14)11(15)7-8/h2-7H,1H3. The molecule has 4 heteroatoms. The number of rotatable bonds is 2. The highest BCUT2D eigenvalue weighted by Crippen LogP contribution is 2.32. The SMILES string of the molecule is COc1cccc(-c2ccc(Cl)c(Cl)c2)c1F. The molecule has 1 nitrogen and oxygen atoms in total. The van der Waals surface area contributed by atoms with Crippen LogP contribution in [0.5, 0.6) is 5.75 Å². The lowest BCUT2D eigenvalue weighted by Crippen LogP contribution is -1.91. The van der Waals surface area contributed by atoms with E-state index >= 15 is 0 Å². The molecule has 0 bridgehead atoms. The number of hydrogen-bond donors (Lipinski definition) is 0. The largest absolute Gasteiger partial charge is 0.494 e. The van der Waals surface area contributed by atoms with Crippen LogP contribution in [0.3, 0.4) is 0 Å². The fourth-order valence-electron chi connectivity index (χ4n) is 1.56. The molecule has 0 radical (unpaired) electrons. The van der Waals surface area contributed by atoms with Gasteiger partial charge in [0, 0.05) is 5.56 Å². The van der Waals surface area contributed by atoms with E-state index < -0.39 is 5.82 Å². The second kappa shape index (κ2) is 4.94. The van der Waals surface area contributed by atoms with Gasteiger partial charge in [-0.15, -0.1) is 0 Å². The minimum Gasteiger partial charge on any atom is -0.494 e. The normalized spacial score (nSPS) is 10.4. The first-order valence-corrected chi connectivity index (χ1v) is 5.67. The molecule has 0 aliphatic heterocycles. The zero-order valence-electron chi connectivity index (χ0n) is 9.01. The van der Waals surface area contributed by atoms with Crippen molar-refractivity contribution in [2.75, 3.05) is 7.11 Å². The Morgan fingerprint density at radius 1 is 1.06 bits per heavy atom. The van der Waals surface area contributed by atoms with Gasteiger partial charge in [0.05, 0.1) is 17.2 Å². The summed E-state index contributed by atoms with van der Waals surface area (Å²) in [5.41, 5.74) is 1.10. The summed E-state index contributed by atoms with van der Waals surface area (Å²) in [6.07, 6.45) is 0. The molecule has 0 aliphatic rings. The highest BCUT2D eigenvalue weighted by atomic mass is 35.5. The van der Waals surface area contributed by atoms with Crippen LogP contribution in [0.25, 0.3) is 11.1 Å². The average molecular weight is 271 g/mol. The van der Waals surface area contributed by atoms with E-state index in [1.165, 1.54) is 7.11 Å². The Kier molecular flexibility index (Phi) is 3.55. The molecule has 17 heavy (non-hydrogen) atoms. The molecule has 0 spiro atoms. The van der Waals surface area contributed by atoms with E-state index in [1.807, 2.05) is 0 Å². The average Bonchev–Trinajstić information content (AvgIpc) is 2.33. The van der Waals surface area contributed by atoms with Gasteiger partial charge in [-0.05, 0) is 23.8 Å². The first-order chi connectivity index (χ1) is 8.13. The number of ether oxygens (including phenoxy) is 1. The zero-order chi connectivity index (χ0) is 12.4. The van der Waals surface area contributed by atoms with Crippen molar-refractivity contribution in [2.24, 2.45) is 0 Å². The molecule has 0 aliphatic carbocycles. The Bertz CT molecular complexity index is 555. The number of methoxy groups -OCH3 is 1. The lowest BCUT2D eigenvalue weighted by molar-refractivity contribution is 0.387. The van der Waals surface area contributed by atoms with Gasteiger partial charge in [0.25, 0.3) is 0 Å². The summed E-state index contributed by atoms with van der Waals surface area (Å²) < 4.78 is 18.9. The molecule has 0 fully saturated rings. The summed E-state index contributed by atoms with van der Waals surface area (Å²) in [6.45, 7) is 0. The highest BCUT2D eigenvalue weighted by Gasteiger charge is 2.11. The third kappa shape index (κ3) is 2.38. The summed E-state index contributed by atoms with van der Waals surface area (Å²) in [5, 5.41) is 0.838. The second-order valence-electron chi connectivity index (χ2n) is 3.45. The van der Waals surface area contributed by atoms with Gasteiger partial charge in [0.15, 0.2) is 11.6 Å². The molecule has 88 valence electrons. The minimum atomic E-state index is -0.409. The van der Waals surface area contributed by atoms with Crippen molar-refractivity contribution in [1.29, 1.82) is 0 Å². The molecule has 0 saturated heterocycles. The topological polar surface area (TPSA) is 9.23 Å². The molecule has 0 amide bonds. The first kappa shape index (κ1) is 12.2. The predicted molar refractivity (Wildman–Crippen MR) is 68.4 cm³/mol. The van der Waals surface area contributed by atoms with Gasteiger partial charge in [-0.3, -0.25) is 0 Å². The van der Waals surface area contributed by atoms with Gasteiger partial charge in [-0.2, -0.15) is 0 Å². The third-order valence-corrected chi connectivity index (χ3v) is 3.15. The van der Waals surface area contributed by atoms with Crippen molar-refractivity contribution < 1.29 is 9.13 Å². The van der Waals surface area contributed by atoms with Crippen LogP contribution in [0, 0.1) is 5.82 Å². The van der Waals surface area contributed by atoms with Crippen molar-refractivity contribution >= 4 is 23.2 Å². The van der Waals surface area contributed by atoms with E-state index in [-0.39, 0.29) is 5.75 Å². The van der Waals surface area contributed by atoms with Gasteiger partial charge in [-0.25, -0.2) is 4.39 Å². The van der Waals surface area contributed by atoms with Crippen molar-refractivity contribution in [1.82, 2.24) is 0 Å². The van der Waals surface area contributed by atoms with E-state index in [1.54, 1.807) is 36.4 Å². The lowest BCUT2D eigenvalue weighted by Gasteiger charge is -2.08. The Morgan fingerprint density at radius 2 is 1.82 bits per heavy atom. The first-order valence-electron chi connectivity index (χ1n) is 4.91. The van der Waals surface area contributed by atoms with Gasteiger partial charge < -0.3 is 4.74 Å². The van der Waals surface area contributed by atoms with Gasteiger partial charge in [0.2, 0.25) is 0 Å². The maximum absolute atomic E-state index is 14.0. The Hall–Kier alpha value is -1.25. The third-order valence-electron chi connectivity index (χ3n) is 2.41. The second-order valence-corrected chi connectivity index (χ2v) is 4.27. The molecular weight excluding hydrogens is 262 g/mol. The predicted octanol–water partition coefficient (Wildman–Crippen LogP) is 4.81. The van der Waals surface area contributed by atoms with Crippen molar-refractivity contribution in [3.8, 4) is 16.9 Å². The monoisotopic (exact) mass is 270 g/mol. The molecule has 0 N–H and O–H groups in total. The number of halogens is 3. The fraction of sp³-hybridized carbons (Fsp3) is 0.0769. The van der Waals surface area contributed by atoms with Crippen LogP contribution in [-0.2, 0) is 0 Å². The minimum absolute atomic E-state index is 0.202. The smallest absolute Gasteiger partial charge is 0.172 e. The quantitative estimate of drug-likeness (QED) is 0.761. The number of hydrogen-bond acceptors (Lipinski definition) is 1. The summed E-state index contributed by atoms with van der Waals surface area (Å²) in [5.74, 6) is -0.207. The molecule has 0 heterocycles. The van der Waals surface area contributed by atoms with Crippen molar-refractivity contribution in [3.05, 3.63) is 52.3 Å². The molecule has 0 aromatic heterocycles. The highest BCUT2D eigenvalue weighted by molar-refractivity contribution is 6.42. The summed E-state index contributed by atoms with van der Waals surface area (Å²) >= 11 is 11.7. The summed E-state index contributed by atoms with van der Waals surface area (Å²) in [7, 11) is 1.43. The van der Waals surface area contributed by atoms with Gasteiger partial charge in [-0.1, -0.05) is 41.4 Å². The Labute approximate surface area is 109 Å². The molecule has 2 aromatic carbocycles. The van der Waals surface area contributed by atoms with Crippen molar-refractivity contribution in [2.45, 2.75) is 0 Å². The van der Waals surface area contributed by atoms with Crippen LogP contribution in [-0.4, -0.2) is 7.11 Å². The van der Waals surface area contributed by atoms with Crippen LogP contribution in [0.4, 0.5) is 4.39 Å². The van der Waals surface area contributed by atoms with Crippen LogP contribution >= 0.6 is 23.2 Å². The summed E-state index contributed by atoms with van der Waals surface area (Å²) in [4.78, 5) is 0. The molecule has 0 saturated carbocycles. The van der Waals surface area contributed by atoms with E-state index in [0.717, 1.165) is 0 Å². The van der Waals surface area contributed by atoms with Gasteiger partial charge in [0.1, 0.15) is 0 Å². The maximum atomic E-state index is 14.0. The lowest BCUT2D eigenvalue weighted by atomic mass is 10.0. The molecule has 2 rings (SSSR count). The molecular formula is C13H9Cl2FO. The molecule has 2 aromatic rings. The molecule has 0 atom stereocenters. The van der Waals surface area contributed by atoms with E-state index in [9.17, 15) is 4.39 Å². The maximum Gasteiger partial charge on any atom is 0.172 e. The zero-order valence-corrected chi connectivity index (χ0v) is 10.5. The Balaban J connectivity index is 2.56. The van der Waals surface area contributed by atoms with Crippen LogP contribution < -0.4 is 4.74 Å². The van der Waals surface area contributed by atoms with Crippen LogP contribution in [0.15, 0.2) is 36.4 Å². The van der Waals surface area contributed by atoms with Crippen molar-refractivity contribution in [3.63, 3.8) is 0 Å². The number of benzene rings is 2. The van der Waals surface area contributed by atoms with Crippen LogP contribution in [0.2, 0.25) is 10.0 Å². The fourth-order valence-corrected chi connectivity index (χ4v) is 1.85. The summed E-state index contributed by atoms with van der Waals surface area (Å²) in [6, 6.07) is 9.93. The molecule has 0 unspecified atom stereocenters. The van der Waals surface area contributed by atoms with E-state index in [0.29, 0.717) is 21.2 Å². The van der Waals surface area contributed by atoms with Gasteiger partial charge >= 0.3 is 0 Å². The van der Waals surface area contributed by atoms with E-state index in [2.05, 4.69) is 0 Å².